The van der Waals surface area contributed by atoms with E-state index in [0.29, 0.717) is 34.7 Å². The number of nitrogens with zero attached hydrogens (tertiary/aromatic N) is 2. The lowest BCUT2D eigenvalue weighted by Gasteiger charge is -2.17. The number of nitrogens with one attached hydrogen (secondary N) is 1. The third-order valence-corrected chi connectivity index (χ3v) is 6.13. The van der Waals surface area contributed by atoms with Crippen molar-refractivity contribution in [3.63, 3.8) is 0 Å². The van der Waals surface area contributed by atoms with Crippen LogP contribution in [0.4, 0.5) is 5.82 Å². The van der Waals surface area contributed by atoms with Crippen LogP contribution in [-0.4, -0.2) is 35.8 Å². The Labute approximate surface area is 188 Å². The molecule has 0 aliphatic heterocycles. The number of benzene rings is 1. The lowest BCUT2D eigenvalue weighted by molar-refractivity contribution is 0.0728. The van der Waals surface area contributed by atoms with Gasteiger partial charge in [0.2, 0.25) is 10.0 Å². The minimum Gasteiger partial charge on any atom is -0.390 e. The summed E-state index contributed by atoms with van der Waals surface area (Å²) in [6.45, 7) is 7.10. The van der Waals surface area contributed by atoms with E-state index in [1.807, 2.05) is 19.9 Å². The summed E-state index contributed by atoms with van der Waals surface area (Å²) in [5.74, 6) is 0.790. The van der Waals surface area contributed by atoms with Crippen molar-refractivity contribution in [3.8, 4) is 22.5 Å². The smallest absolute Gasteiger partial charge is 0.240 e. The van der Waals surface area contributed by atoms with Gasteiger partial charge < -0.3 is 15.4 Å². The molecular weight excluding hydrogens is 440 g/mol. The van der Waals surface area contributed by atoms with Crippen molar-refractivity contribution in [1.82, 2.24) is 14.9 Å². The van der Waals surface area contributed by atoms with Gasteiger partial charge in [-0.3, -0.25) is 0 Å². The van der Waals surface area contributed by atoms with Crippen LogP contribution in [0.3, 0.4) is 0 Å². The number of anilines is 1. The molecule has 0 spiro atoms. The molecule has 0 atom stereocenters. The van der Waals surface area contributed by atoms with Gasteiger partial charge in [-0.25, -0.2) is 18.1 Å². The molecule has 0 saturated heterocycles. The van der Waals surface area contributed by atoms with Crippen LogP contribution in [0.25, 0.3) is 22.5 Å². The van der Waals surface area contributed by atoms with Crippen LogP contribution in [0.15, 0.2) is 45.9 Å². The van der Waals surface area contributed by atoms with Gasteiger partial charge in [-0.15, -0.1) is 12.4 Å². The molecule has 31 heavy (non-hydrogen) atoms. The molecule has 2 aromatic heterocycles. The molecule has 0 bridgehead atoms. The zero-order valence-corrected chi connectivity index (χ0v) is 19.5. The number of aliphatic hydroxyl groups is 1. The van der Waals surface area contributed by atoms with Crippen LogP contribution < -0.4 is 10.5 Å². The number of sulfonamides is 1. The van der Waals surface area contributed by atoms with E-state index in [-0.39, 0.29) is 23.8 Å². The molecule has 3 rings (SSSR count). The van der Waals surface area contributed by atoms with E-state index in [9.17, 15) is 13.5 Å². The summed E-state index contributed by atoms with van der Waals surface area (Å²) in [7, 11) is -3.73. The molecule has 10 heteroatoms. The van der Waals surface area contributed by atoms with Crippen molar-refractivity contribution < 1.29 is 18.0 Å². The maximum atomic E-state index is 12.7. The quantitative estimate of drug-likeness (QED) is 0.485. The number of rotatable bonds is 7. The molecule has 0 fully saturated rings. The first-order valence-electron chi connectivity index (χ1n) is 9.48. The Hall–Kier alpha value is -2.46. The fraction of sp³-hybridized carbons (Fsp3) is 0.333. The molecule has 3 aromatic rings. The van der Waals surface area contributed by atoms with Crippen LogP contribution in [0.1, 0.15) is 31.5 Å². The van der Waals surface area contributed by atoms with E-state index in [1.165, 1.54) is 0 Å². The number of halogens is 1. The van der Waals surface area contributed by atoms with Gasteiger partial charge >= 0.3 is 0 Å². The first kappa shape index (κ1) is 24.8. The molecule has 2 heterocycles. The SMILES string of the molecule is Cc1cc(-c2cc(-c3cc(S(=O)(=O)NCCC(C)(C)O)ccc3C)cnc2N)on1.Cl. The number of hydrogen-bond donors (Lipinski definition) is 3. The third-order valence-electron chi connectivity index (χ3n) is 4.67. The monoisotopic (exact) mass is 466 g/mol. The van der Waals surface area contributed by atoms with Crippen LogP contribution in [0.5, 0.6) is 0 Å². The van der Waals surface area contributed by atoms with Crippen molar-refractivity contribution in [2.75, 3.05) is 12.3 Å². The molecule has 1 aromatic carbocycles. The maximum absolute atomic E-state index is 12.7. The van der Waals surface area contributed by atoms with Crippen LogP contribution in [0.2, 0.25) is 0 Å². The highest BCUT2D eigenvalue weighted by atomic mass is 35.5. The Morgan fingerprint density at radius 2 is 1.87 bits per heavy atom. The van der Waals surface area contributed by atoms with Crippen LogP contribution in [-0.2, 0) is 10.0 Å². The number of nitrogen functional groups attached to an aromatic ring is 1. The topological polar surface area (TPSA) is 131 Å². The zero-order valence-electron chi connectivity index (χ0n) is 17.8. The largest absolute Gasteiger partial charge is 0.390 e. The van der Waals surface area contributed by atoms with Crippen molar-refractivity contribution in [2.45, 2.75) is 44.6 Å². The molecule has 4 N–H and O–H groups in total. The van der Waals surface area contributed by atoms with Crippen LogP contribution in [0, 0.1) is 13.8 Å². The standard InChI is InChI=1S/C21H26N4O4S.ClH/c1-13-5-6-16(30(27,28)24-8-7-21(3,4)26)11-17(13)15-10-18(20(22)23-12-15)19-9-14(2)25-29-19;/h5-6,9-12,24,26H,7-8H2,1-4H3,(H2,22,23);1H. The van der Waals surface area contributed by atoms with Gasteiger partial charge in [-0.05, 0) is 63.4 Å². The fourth-order valence-corrected chi connectivity index (χ4v) is 4.02. The zero-order chi connectivity index (χ0) is 22.1. The highest BCUT2D eigenvalue weighted by Gasteiger charge is 2.19. The Bertz CT molecular complexity index is 1170. The summed E-state index contributed by atoms with van der Waals surface area (Å²) in [5.41, 5.74) is 8.67. The van der Waals surface area contributed by atoms with Gasteiger partial charge in [0.1, 0.15) is 5.82 Å². The highest BCUT2D eigenvalue weighted by Crippen LogP contribution is 2.32. The number of nitrogens with two attached hydrogens (primary N) is 1. The van der Waals surface area contributed by atoms with Gasteiger partial charge in [-0.1, -0.05) is 11.2 Å². The van der Waals surface area contributed by atoms with Gasteiger partial charge in [0.25, 0.3) is 0 Å². The van der Waals surface area contributed by atoms with E-state index in [2.05, 4.69) is 14.9 Å². The average Bonchev–Trinajstić information content (AvgIpc) is 3.07. The predicted octanol–water partition coefficient (Wildman–Crippen LogP) is 3.46. The summed E-state index contributed by atoms with van der Waals surface area (Å²) in [6, 6.07) is 8.47. The van der Waals surface area contributed by atoms with Gasteiger partial charge in [0, 0.05) is 24.4 Å². The maximum Gasteiger partial charge on any atom is 0.240 e. The predicted molar refractivity (Wildman–Crippen MR) is 122 cm³/mol. The molecule has 0 aliphatic carbocycles. The van der Waals surface area contributed by atoms with Crippen molar-refractivity contribution in [2.24, 2.45) is 0 Å². The Kier molecular flexibility index (Phi) is 7.48. The van der Waals surface area contributed by atoms with Gasteiger partial charge in [0.15, 0.2) is 5.76 Å². The molecule has 0 unspecified atom stereocenters. The molecule has 0 saturated carbocycles. The second-order valence-corrected chi connectivity index (χ2v) is 9.69. The molecule has 0 aliphatic rings. The van der Waals surface area contributed by atoms with Crippen molar-refractivity contribution in [1.29, 1.82) is 0 Å². The van der Waals surface area contributed by atoms with E-state index in [4.69, 9.17) is 10.3 Å². The van der Waals surface area contributed by atoms with Gasteiger partial charge in [0.05, 0.1) is 21.8 Å². The Morgan fingerprint density at radius 3 is 2.48 bits per heavy atom. The summed E-state index contributed by atoms with van der Waals surface area (Å²) in [5, 5.41) is 13.7. The van der Waals surface area contributed by atoms with Crippen molar-refractivity contribution in [3.05, 3.63) is 47.8 Å². The number of aromatic nitrogens is 2. The van der Waals surface area contributed by atoms with E-state index in [0.717, 1.165) is 11.3 Å². The lowest BCUT2D eigenvalue weighted by Crippen LogP contribution is -2.30. The van der Waals surface area contributed by atoms with Crippen molar-refractivity contribution >= 4 is 28.2 Å². The fourth-order valence-electron chi connectivity index (χ4n) is 2.96. The average molecular weight is 467 g/mol. The molecule has 0 amide bonds. The number of pyridine rings is 1. The van der Waals surface area contributed by atoms with E-state index < -0.39 is 15.6 Å². The second kappa shape index (κ2) is 9.35. The minimum absolute atomic E-state index is 0. The van der Waals surface area contributed by atoms with Gasteiger partial charge in [-0.2, -0.15) is 0 Å². The molecule has 0 radical (unpaired) electrons. The molecule has 8 nitrogen and oxygen atoms in total. The third kappa shape index (κ3) is 6.04. The normalized spacial score (nSPS) is 11.9. The Balaban J connectivity index is 0.00000341. The highest BCUT2D eigenvalue weighted by molar-refractivity contribution is 7.89. The Morgan fingerprint density at radius 1 is 1.16 bits per heavy atom. The van der Waals surface area contributed by atoms with E-state index in [1.54, 1.807) is 44.3 Å². The number of hydrogen-bond acceptors (Lipinski definition) is 7. The van der Waals surface area contributed by atoms with E-state index >= 15 is 0 Å². The summed E-state index contributed by atoms with van der Waals surface area (Å²) in [6.07, 6.45) is 1.90. The molecular formula is C21H27ClN4O4S. The summed E-state index contributed by atoms with van der Waals surface area (Å²) in [4.78, 5) is 4.38. The number of aryl methyl sites for hydroxylation is 2. The minimum atomic E-state index is -3.73. The first-order chi connectivity index (χ1) is 14.0. The van der Waals surface area contributed by atoms with Crippen LogP contribution >= 0.6 is 12.4 Å². The summed E-state index contributed by atoms with van der Waals surface area (Å²) < 4.78 is 33.3. The summed E-state index contributed by atoms with van der Waals surface area (Å²) >= 11 is 0. The first-order valence-corrected chi connectivity index (χ1v) is 11.0. The molecule has 168 valence electrons. The second-order valence-electron chi connectivity index (χ2n) is 7.93. The lowest BCUT2D eigenvalue weighted by atomic mass is 10.00.